The summed E-state index contributed by atoms with van der Waals surface area (Å²) in [5, 5.41) is 18.9. The second kappa shape index (κ2) is 6.71. The molecule has 0 saturated heterocycles. The van der Waals surface area contributed by atoms with Crippen LogP contribution in [0.4, 0.5) is 0 Å². The van der Waals surface area contributed by atoms with E-state index in [9.17, 15) is 10.2 Å². The quantitative estimate of drug-likeness (QED) is 0.729. The molecule has 0 fully saturated rings. The van der Waals surface area contributed by atoms with E-state index in [4.69, 9.17) is 4.98 Å². The maximum Gasteiger partial charge on any atom is 0.115 e. The van der Waals surface area contributed by atoms with E-state index in [0.717, 1.165) is 34.6 Å². The minimum atomic E-state index is 0.231. The van der Waals surface area contributed by atoms with Gasteiger partial charge in [0, 0.05) is 17.0 Å². The van der Waals surface area contributed by atoms with Crippen molar-refractivity contribution in [2.24, 2.45) is 0 Å². The van der Waals surface area contributed by atoms with Crippen LogP contribution in [-0.4, -0.2) is 20.2 Å². The highest BCUT2D eigenvalue weighted by atomic mass is 16.3. The van der Waals surface area contributed by atoms with Crippen LogP contribution in [0.2, 0.25) is 0 Å². The van der Waals surface area contributed by atoms with Gasteiger partial charge >= 0.3 is 0 Å². The van der Waals surface area contributed by atoms with E-state index in [-0.39, 0.29) is 17.4 Å². The molecule has 1 aromatic heterocycles. The fraction of sp³-hybridized carbons (Fsp3) is 0.200. The molecule has 1 unspecified atom stereocenters. The molecule has 0 aliphatic rings. The molecule has 24 heavy (non-hydrogen) atoms. The molecule has 2 N–H and O–H groups in total. The maximum atomic E-state index is 9.49. The first-order valence-electron chi connectivity index (χ1n) is 8.04. The molecular formula is C20H20N2O2. The standard InChI is InChI=1S/C20H20N2O2/c1-3-13(2)19-20(15-6-10-17(24)11-7-15)21-12-18(22-19)14-4-8-16(23)9-5-14/h4-13,23-24H,3H2,1-2H3. The van der Waals surface area contributed by atoms with Crippen LogP contribution in [0.25, 0.3) is 22.5 Å². The van der Waals surface area contributed by atoms with E-state index in [1.165, 1.54) is 0 Å². The molecule has 0 amide bonds. The average Bonchev–Trinajstić information content (AvgIpc) is 2.62. The highest BCUT2D eigenvalue weighted by molar-refractivity contribution is 5.66. The van der Waals surface area contributed by atoms with Gasteiger partial charge in [-0.3, -0.25) is 4.98 Å². The molecule has 4 heteroatoms. The Kier molecular flexibility index (Phi) is 4.47. The Labute approximate surface area is 141 Å². The Morgan fingerprint density at radius 3 is 1.96 bits per heavy atom. The van der Waals surface area contributed by atoms with Gasteiger partial charge in [0.1, 0.15) is 11.5 Å². The predicted octanol–water partition coefficient (Wildman–Crippen LogP) is 4.74. The molecule has 0 aliphatic carbocycles. The zero-order valence-electron chi connectivity index (χ0n) is 13.8. The first-order chi connectivity index (χ1) is 11.6. The van der Waals surface area contributed by atoms with Crippen molar-refractivity contribution in [1.82, 2.24) is 9.97 Å². The molecule has 1 heterocycles. The number of phenolic OH excluding ortho intramolecular Hbond substituents is 2. The zero-order valence-corrected chi connectivity index (χ0v) is 13.8. The smallest absolute Gasteiger partial charge is 0.115 e. The van der Waals surface area contributed by atoms with Crippen LogP contribution in [-0.2, 0) is 0 Å². The molecule has 3 aromatic rings. The second-order valence-electron chi connectivity index (χ2n) is 5.89. The largest absolute Gasteiger partial charge is 0.508 e. The van der Waals surface area contributed by atoms with E-state index in [1.807, 2.05) is 24.3 Å². The molecular weight excluding hydrogens is 300 g/mol. The molecule has 2 aromatic carbocycles. The molecule has 122 valence electrons. The summed E-state index contributed by atoms with van der Waals surface area (Å²) in [5.41, 5.74) is 4.42. The summed E-state index contributed by atoms with van der Waals surface area (Å²) in [4.78, 5) is 9.48. The number of phenols is 2. The Hall–Kier alpha value is -2.88. The van der Waals surface area contributed by atoms with Crippen molar-refractivity contribution < 1.29 is 10.2 Å². The van der Waals surface area contributed by atoms with Crippen molar-refractivity contribution in [2.75, 3.05) is 0 Å². The molecule has 1 atom stereocenters. The molecule has 0 bridgehead atoms. The van der Waals surface area contributed by atoms with Crippen LogP contribution >= 0.6 is 0 Å². The first kappa shape index (κ1) is 16.0. The summed E-state index contributed by atoms with van der Waals surface area (Å²) in [6.45, 7) is 4.26. The number of aromatic hydroxyl groups is 2. The number of rotatable bonds is 4. The van der Waals surface area contributed by atoms with E-state index in [0.29, 0.717) is 0 Å². The third-order valence-corrected chi connectivity index (χ3v) is 4.18. The number of benzene rings is 2. The van der Waals surface area contributed by atoms with Gasteiger partial charge in [-0.1, -0.05) is 13.8 Å². The van der Waals surface area contributed by atoms with Crippen molar-refractivity contribution in [3.05, 3.63) is 60.4 Å². The lowest BCUT2D eigenvalue weighted by molar-refractivity contribution is 0.475. The third-order valence-electron chi connectivity index (χ3n) is 4.18. The highest BCUT2D eigenvalue weighted by Gasteiger charge is 2.16. The second-order valence-corrected chi connectivity index (χ2v) is 5.89. The molecule has 3 rings (SSSR count). The van der Waals surface area contributed by atoms with E-state index in [2.05, 4.69) is 18.8 Å². The summed E-state index contributed by atoms with van der Waals surface area (Å²) >= 11 is 0. The lowest BCUT2D eigenvalue weighted by Gasteiger charge is -2.15. The topological polar surface area (TPSA) is 66.2 Å². The van der Waals surface area contributed by atoms with Crippen LogP contribution in [0.3, 0.4) is 0 Å². The van der Waals surface area contributed by atoms with Crippen LogP contribution in [0.15, 0.2) is 54.7 Å². The van der Waals surface area contributed by atoms with Crippen molar-refractivity contribution >= 4 is 0 Å². The molecule has 0 radical (unpaired) electrons. The van der Waals surface area contributed by atoms with Crippen LogP contribution in [0, 0.1) is 0 Å². The van der Waals surface area contributed by atoms with E-state index < -0.39 is 0 Å². The Balaban J connectivity index is 2.10. The van der Waals surface area contributed by atoms with Crippen LogP contribution in [0.1, 0.15) is 31.9 Å². The van der Waals surface area contributed by atoms with Crippen molar-refractivity contribution in [3.63, 3.8) is 0 Å². The molecule has 4 nitrogen and oxygen atoms in total. The first-order valence-corrected chi connectivity index (χ1v) is 8.04. The molecule has 0 spiro atoms. The van der Waals surface area contributed by atoms with Crippen LogP contribution in [0.5, 0.6) is 11.5 Å². The number of hydrogen-bond acceptors (Lipinski definition) is 4. The summed E-state index contributed by atoms with van der Waals surface area (Å²) in [5.74, 6) is 0.727. The third kappa shape index (κ3) is 3.23. The number of hydrogen-bond donors (Lipinski definition) is 2. The van der Waals surface area contributed by atoms with Gasteiger partial charge < -0.3 is 10.2 Å². The number of nitrogens with zero attached hydrogens (tertiary/aromatic N) is 2. The van der Waals surface area contributed by atoms with Crippen LogP contribution < -0.4 is 0 Å². The predicted molar refractivity (Wildman–Crippen MR) is 94.9 cm³/mol. The maximum absolute atomic E-state index is 9.49. The molecule has 0 aliphatic heterocycles. The van der Waals surface area contributed by atoms with Gasteiger partial charge in [0.25, 0.3) is 0 Å². The summed E-state index contributed by atoms with van der Waals surface area (Å²) < 4.78 is 0. The Bertz CT molecular complexity index is 827. The Morgan fingerprint density at radius 2 is 1.42 bits per heavy atom. The average molecular weight is 320 g/mol. The summed E-state index contributed by atoms with van der Waals surface area (Å²) in [6.07, 6.45) is 2.71. The SMILES string of the molecule is CCC(C)c1nc(-c2ccc(O)cc2)cnc1-c1ccc(O)cc1. The fourth-order valence-electron chi connectivity index (χ4n) is 2.55. The monoisotopic (exact) mass is 320 g/mol. The lowest BCUT2D eigenvalue weighted by Crippen LogP contribution is -2.03. The fourth-order valence-corrected chi connectivity index (χ4v) is 2.55. The van der Waals surface area contributed by atoms with Gasteiger partial charge in [-0.25, -0.2) is 4.98 Å². The van der Waals surface area contributed by atoms with E-state index >= 15 is 0 Å². The molecule has 0 saturated carbocycles. The normalized spacial score (nSPS) is 12.1. The van der Waals surface area contributed by atoms with Gasteiger partial charge in [0.2, 0.25) is 0 Å². The van der Waals surface area contributed by atoms with Gasteiger partial charge in [0.15, 0.2) is 0 Å². The highest BCUT2D eigenvalue weighted by Crippen LogP contribution is 2.31. The Morgan fingerprint density at radius 1 is 0.875 bits per heavy atom. The van der Waals surface area contributed by atoms with Crippen molar-refractivity contribution in [1.29, 1.82) is 0 Å². The van der Waals surface area contributed by atoms with Crippen molar-refractivity contribution in [2.45, 2.75) is 26.2 Å². The van der Waals surface area contributed by atoms with Crippen molar-refractivity contribution in [3.8, 4) is 34.0 Å². The minimum Gasteiger partial charge on any atom is -0.508 e. The van der Waals surface area contributed by atoms with Gasteiger partial charge in [-0.2, -0.15) is 0 Å². The van der Waals surface area contributed by atoms with E-state index in [1.54, 1.807) is 30.5 Å². The minimum absolute atomic E-state index is 0.231. The summed E-state index contributed by atoms with van der Waals surface area (Å²) in [7, 11) is 0. The zero-order chi connectivity index (χ0) is 17.1. The number of aromatic nitrogens is 2. The lowest BCUT2D eigenvalue weighted by atomic mass is 9.98. The summed E-state index contributed by atoms with van der Waals surface area (Å²) in [6, 6.07) is 14.0. The van der Waals surface area contributed by atoms with Gasteiger partial charge in [-0.15, -0.1) is 0 Å². The van der Waals surface area contributed by atoms with Gasteiger partial charge in [-0.05, 0) is 55.0 Å². The van der Waals surface area contributed by atoms with Gasteiger partial charge in [0.05, 0.1) is 23.3 Å².